The smallest absolute Gasteiger partial charge is 0.209 e. The Balaban J connectivity index is 1.59. The van der Waals surface area contributed by atoms with Crippen molar-refractivity contribution in [1.82, 2.24) is 9.88 Å². The highest BCUT2D eigenvalue weighted by Gasteiger charge is 2.33. The fourth-order valence-electron chi connectivity index (χ4n) is 3.14. The fraction of sp³-hybridized carbons (Fsp3) is 0.353. The van der Waals surface area contributed by atoms with E-state index in [1.54, 1.807) is 11.3 Å². The molecule has 2 aromatic heterocycles. The van der Waals surface area contributed by atoms with Crippen molar-refractivity contribution >= 4 is 32.3 Å². The first-order chi connectivity index (χ1) is 11.6. The van der Waals surface area contributed by atoms with Crippen molar-refractivity contribution in [1.29, 1.82) is 0 Å². The van der Waals surface area contributed by atoms with E-state index in [1.165, 1.54) is 4.88 Å². The second-order valence-electron chi connectivity index (χ2n) is 6.12. The van der Waals surface area contributed by atoms with E-state index in [1.807, 2.05) is 35.7 Å². The van der Waals surface area contributed by atoms with Gasteiger partial charge in [0.2, 0.25) is 5.89 Å². The first-order valence-electron chi connectivity index (χ1n) is 7.90. The molecule has 0 amide bonds. The number of nitrogens with zero attached hydrogens (tertiary/aromatic N) is 2. The van der Waals surface area contributed by atoms with Crippen molar-refractivity contribution in [3.63, 3.8) is 0 Å². The first-order valence-corrected chi connectivity index (χ1v) is 10.6. The third kappa shape index (κ3) is 3.38. The minimum absolute atomic E-state index is 0.0205. The second-order valence-corrected chi connectivity index (χ2v) is 9.38. The summed E-state index contributed by atoms with van der Waals surface area (Å²) in [4.78, 5) is 7.93. The van der Waals surface area contributed by atoms with Gasteiger partial charge in [-0.3, -0.25) is 4.90 Å². The number of benzene rings is 1. The predicted octanol–water partition coefficient (Wildman–Crippen LogP) is 3.08. The molecule has 1 aliphatic heterocycles. The Bertz CT molecular complexity index is 899. The van der Waals surface area contributed by atoms with Crippen LogP contribution in [0, 0.1) is 0 Å². The van der Waals surface area contributed by atoms with E-state index in [-0.39, 0.29) is 17.5 Å². The third-order valence-electron chi connectivity index (χ3n) is 4.34. The monoisotopic (exact) mass is 362 g/mol. The lowest BCUT2D eigenvalue weighted by Gasteiger charge is -2.26. The van der Waals surface area contributed by atoms with Crippen LogP contribution < -0.4 is 0 Å². The molecule has 1 aliphatic rings. The lowest BCUT2D eigenvalue weighted by Crippen LogP contribution is -2.35. The van der Waals surface area contributed by atoms with Gasteiger partial charge >= 0.3 is 0 Å². The Labute approximate surface area is 144 Å². The number of fused-ring (bicyclic) bond motifs is 1. The maximum atomic E-state index is 11.9. The van der Waals surface area contributed by atoms with E-state index in [0.29, 0.717) is 18.9 Å². The summed E-state index contributed by atoms with van der Waals surface area (Å²) in [7, 11) is -2.93. The topological polar surface area (TPSA) is 63.4 Å². The number of sulfone groups is 1. The van der Waals surface area contributed by atoms with Crippen molar-refractivity contribution < 1.29 is 12.8 Å². The van der Waals surface area contributed by atoms with Crippen molar-refractivity contribution in [2.75, 3.05) is 11.5 Å². The second kappa shape index (κ2) is 6.31. The van der Waals surface area contributed by atoms with Crippen LogP contribution in [0.15, 0.2) is 46.2 Å². The molecule has 5 nitrogen and oxygen atoms in total. The van der Waals surface area contributed by atoms with E-state index in [4.69, 9.17) is 4.42 Å². The van der Waals surface area contributed by atoms with Crippen LogP contribution in [0.3, 0.4) is 0 Å². The molecule has 1 aromatic carbocycles. The largest absolute Gasteiger partial charge is 0.439 e. The molecule has 24 heavy (non-hydrogen) atoms. The maximum Gasteiger partial charge on any atom is 0.209 e. The van der Waals surface area contributed by atoms with Crippen LogP contribution in [0.5, 0.6) is 0 Å². The molecule has 0 saturated carbocycles. The van der Waals surface area contributed by atoms with Gasteiger partial charge in [-0.2, -0.15) is 0 Å². The Kier molecular flexibility index (Phi) is 4.15. The zero-order valence-corrected chi connectivity index (χ0v) is 14.7. The molecule has 7 heteroatoms. The Morgan fingerprint density at radius 2 is 2.08 bits per heavy atom. The lowest BCUT2D eigenvalue weighted by atomic mass is 10.2. The SMILES string of the molecule is O=S1(=O)CC[C@@H](N(Cc2nc3ccccc3o2)Cc2cccs2)C1. The average molecular weight is 362 g/mol. The molecule has 0 unspecified atom stereocenters. The molecule has 126 valence electrons. The highest BCUT2D eigenvalue weighted by atomic mass is 32.2. The van der Waals surface area contributed by atoms with Crippen LogP contribution in [0.4, 0.5) is 0 Å². The van der Waals surface area contributed by atoms with Gasteiger partial charge in [-0.05, 0) is 30.0 Å². The molecular formula is C17H18N2O3S2. The van der Waals surface area contributed by atoms with Gasteiger partial charge in [-0.25, -0.2) is 13.4 Å². The van der Waals surface area contributed by atoms with E-state index < -0.39 is 9.84 Å². The highest BCUT2D eigenvalue weighted by molar-refractivity contribution is 7.91. The summed E-state index contributed by atoms with van der Waals surface area (Å²) < 4.78 is 29.6. The van der Waals surface area contributed by atoms with Crippen LogP contribution in [-0.2, 0) is 22.9 Å². The van der Waals surface area contributed by atoms with Crippen molar-refractivity contribution in [3.05, 3.63) is 52.5 Å². The van der Waals surface area contributed by atoms with Gasteiger partial charge in [0.25, 0.3) is 0 Å². The Morgan fingerprint density at radius 1 is 1.21 bits per heavy atom. The van der Waals surface area contributed by atoms with E-state index >= 15 is 0 Å². The van der Waals surface area contributed by atoms with Gasteiger partial charge in [-0.1, -0.05) is 18.2 Å². The van der Waals surface area contributed by atoms with Crippen molar-refractivity contribution in [2.24, 2.45) is 0 Å². The van der Waals surface area contributed by atoms with E-state index in [9.17, 15) is 8.42 Å². The van der Waals surface area contributed by atoms with Gasteiger partial charge in [0.15, 0.2) is 15.4 Å². The molecule has 4 rings (SSSR count). The standard InChI is InChI=1S/C17H18N2O3S2/c20-24(21)9-7-13(12-24)19(10-14-4-3-8-23-14)11-17-18-15-5-1-2-6-16(15)22-17/h1-6,8,13H,7,9-12H2/t13-/m1/s1. The zero-order chi connectivity index (χ0) is 16.6. The minimum atomic E-state index is -2.93. The van der Waals surface area contributed by atoms with Crippen LogP contribution >= 0.6 is 11.3 Å². The maximum absolute atomic E-state index is 11.9. The summed E-state index contributed by atoms with van der Waals surface area (Å²) >= 11 is 1.68. The summed E-state index contributed by atoms with van der Waals surface area (Å²) in [5.74, 6) is 1.13. The summed E-state index contributed by atoms with van der Waals surface area (Å²) in [6.07, 6.45) is 0.675. The normalized spacial score (nSPS) is 20.1. The molecule has 0 spiro atoms. The summed E-state index contributed by atoms with van der Waals surface area (Å²) in [6.45, 7) is 1.24. The van der Waals surface area contributed by atoms with Gasteiger partial charge in [0.1, 0.15) is 5.52 Å². The van der Waals surface area contributed by atoms with Crippen LogP contribution in [0.2, 0.25) is 0 Å². The molecule has 0 bridgehead atoms. The van der Waals surface area contributed by atoms with E-state index in [2.05, 4.69) is 16.0 Å². The average Bonchev–Trinajstić information content (AvgIpc) is 3.25. The zero-order valence-electron chi connectivity index (χ0n) is 13.1. The summed E-state index contributed by atoms with van der Waals surface area (Å²) in [5, 5.41) is 2.04. The van der Waals surface area contributed by atoms with Gasteiger partial charge in [0.05, 0.1) is 18.1 Å². The quantitative estimate of drug-likeness (QED) is 0.698. The number of oxazole rings is 1. The summed E-state index contributed by atoms with van der Waals surface area (Å²) in [6, 6.07) is 11.8. The highest BCUT2D eigenvalue weighted by Crippen LogP contribution is 2.24. The molecule has 1 fully saturated rings. The lowest BCUT2D eigenvalue weighted by molar-refractivity contribution is 0.179. The molecule has 1 saturated heterocycles. The number of thiophene rings is 1. The van der Waals surface area contributed by atoms with Crippen LogP contribution in [-0.4, -0.2) is 35.8 Å². The number of rotatable bonds is 5. The van der Waals surface area contributed by atoms with Crippen molar-refractivity contribution in [2.45, 2.75) is 25.6 Å². The van der Waals surface area contributed by atoms with Crippen molar-refractivity contribution in [3.8, 4) is 0 Å². The molecule has 0 aliphatic carbocycles. The van der Waals surface area contributed by atoms with Gasteiger partial charge < -0.3 is 4.42 Å². The molecule has 0 N–H and O–H groups in total. The van der Waals surface area contributed by atoms with Gasteiger partial charge in [0, 0.05) is 17.5 Å². The number of aromatic nitrogens is 1. The van der Waals surface area contributed by atoms with E-state index in [0.717, 1.165) is 17.6 Å². The predicted molar refractivity (Wildman–Crippen MR) is 94.6 cm³/mol. The molecule has 3 aromatic rings. The molecular weight excluding hydrogens is 344 g/mol. The third-order valence-corrected chi connectivity index (χ3v) is 6.95. The first kappa shape index (κ1) is 15.8. The molecule has 0 radical (unpaired) electrons. The van der Waals surface area contributed by atoms with Gasteiger partial charge in [-0.15, -0.1) is 11.3 Å². The summed E-state index contributed by atoms with van der Waals surface area (Å²) in [5.41, 5.74) is 1.60. The number of hydrogen-bond acceptors (Lipinski definition) is 6. The molecule has 1 atom stereocenters. The Morgan fingerprint density at radius 3 is 2.79 bits per heavy atom. The van der Waals surface area contributed by atoms with Crippen LogP contribution in [0.25, 0.3) is 11.1 Å². The Hall–Kier alpha value is -1.70. The van der Waals surface area contributed by atoms with Crippen LogP contribution in [0.1, 0.15) is 17.2 Å². The fourth-order valence-corrected chi connectivity index (χ4v) is 5.63. The number of hydrogen-bond donors (Lipinski definition) is 0. The molecule has 3 heterocycles. The minimum Gasteiger partial charge on any atom is -0.439 e. The number of para-hydroxylation sites is 2.